The minimum atomic E-state index is -0.306. The molecule has 1 aromatic carbocycles. The van der Waals surface area contributed by atoms with E-state index >= 15 is 0 Å². The molecule has 3 heterocycles. The van der Waals surface area contributed by atoms with Crippen molar-refractivity contribution in [2.45, 2.75) is 44.3 Å². The molecule has 1 N–H and O–H groups in total. The standard InChI is InChI=1S/C24H30N4O4/c1-27-20-13-24(32-15-19(20)22(26-27)23(30)25-14-17-7-8-17)9-11-28(12-10-24)21(29)16-31-18-5-3-2-4-6-18/h2-6,17H,7-16H2,1H3,(H,25,30). The van der Waals surface area contributed by atoms with Crippen molar-refractivity contribution >= 4 is 11.8 Å². The molecule has 170 valence electrons. The van der Waals surface area contributed by atoms with Crippen molar-refractivity contribution in [3.63, 3.8) is 0 Å². The molecule has 2 amide bonds. The summed E-state index contributed by atoms with van der Waals surface area (Å²) in [5, 5.41) is 7.52. The second-order valence-corrected chi connectivity index (χ2v) is 9.18. The molecular formula is C24H30N4O4. The number of carbonyl (C=O) groups excluding carboxylic acids is 2. The van der Waals surface area contributed by atoms with Gasteiger partial charge in [0.15, 0.2) is 12.3 Å². The van der Waals surface area contributed by atoms with Gasteiger partial charge in [0.25, 0.3) is 11.8 Å². The normalized spacial score (nSPS) is 19.5. The van der Waals surface area contributed by atoms with E-state index in [4.69, 9.17) is 9.47 Å². The number of ether oxygens (including phenoxy) is 2. The van der Waals surface area contributed by atoms with E-state index in [0.717, 1.165) is 30.6 Å². The minimum absolute atomic E-state index is 0.00430. The average molecular weight is 439 g/mol. The quantitative estimate of drug-likeness (QED) is 0.746. The topological polar surface area (TPSA) is 85.7 Å². The number of piperidine rings is 1. The van der Waals surface area contributed by atoms with Crippen LogP contribution in [0.1, 0.15) is 47.4 Å². The van der Waals surface area contributed by atoms with E-state index < -0.39 is 0 Å². The Morgan fingerprint density at radius 2 is 1.97 bits per heavy atom. The zero-order chi connectivity index (χ0) is 22.1. The maximum atomic E-state index is 12.6. The Kier molecular flexibility index (Phi) is 5.63. The van der Waals surface area contributed by atoms with Gasteiger partial charge in [-0.15, -0.1) is 0 Å². The third-order valence-electron chi connectivity index (χ3n) is 6.88. The van der Waals surface area contributed by atoms with Gasteiger partial charge in [-0.2, -0.15) is 5.10 Å². The van der Waals surface area contributed by atoms with Crippen LogP contribution >= 0.6 is 0 Å². The predicted molar refractivity (Wildman–Crippen MR) is 117 cm³/mol. The maximum absolute atomic E-state index is 12.6. The molecule has 1 spiro atoms. The van der Waals surface area contributed by atoms with Crippen LogP contribution in [0, 0.1) is 5.92 Å². The number of nitrogens with zero attached hydrogens (tertiary/aromatic N) is 3. The molecule has 8 heteroatoms. The number of amides is 2. The highest BCUT2D eigenvalue weighted by atomic mass is 16.5. The monoisotopic (exact) mass is 438 g/mol. The molecule has 2 aliphatic heterocycles. The fraction of sp³-hybridized carbons (Fsp3) is 0.542. The Bertz CT molecular complexity index is 991. The molecule has 8 nitrogen and oxygen atoms in total. The summed E-state index contributed by atoms with van der Waals surface area (Å²) in [6.07, 6.45) is 4.63. The number of benzene rings is 1. The van der Waals surface area contributed by atoms with Crippen LogP contribution < -0.4 is 10.1 Å². The van der Waals surface area contributed by atoms with Crippen molar-refractivity contribution in [2.75, 3.05) is 26.2 Å². The lowest BCUT2D eigenvalue weighted by atomic mass is 9.83. The summed E-state index contributed by atoms with van der Waals surface area (Å²) >= 11 is 0. The van der Waals surface area contributed by atoms with Crippen molar-refractivity contribution in [1.29, 1.82) is 0 Å². The number of para-hydroxylation sites is 1. The summed E-state index contributed by atoms with van der Waals surface area (Å²) < 4.78 is 13.8. The number of rotatable bonds is 6. The SMILES string of the molecule is Cn1nc(C(=O)NCC2CC2)c2c1CC1(CCN(C(=O)COc3ccccc3)CC1)OC2. The van der Waals surface area contributed by atoms with E-state index in [-0.39, 0.29) is 24.0 Å². The van der Waals surface area contributed by atoms with E-state index in [1.54, 1.807) is 0 Å². The molecule has 0 atom stereocenters. The average Bonchev–Trinajstić information content (AvgIpc) is 3.60. The Morgan fingerprint density at radius 1 is 1.22 bits per heavy atom. The van der Waals surface area contributed by atoms with Gasteiger partial charge in [0.1, 0.15) is 5.75 Å². The molecule has 2 fully saturated rings. The van der Waals surface area contributed by atoms with Gasteiger partial charge in [-0.3, -0.25) is 14.3 Å². The zero-order valence-electron chi connectivity index (χ0n) is 18.5. The lowest BCUT2D eigenvalue weighted by molar-refractivity contribution is -0.143. The van der Waals surface area contributed by atoms with Crippen LogP contribution in [0.25, 0.3) is 0 Å². The van der Waals surface area contributed by atoms with Gasteiger partial charge in [0, 0.05) is 44.4 Å². The highest BCUT2D eigenvalue weighted by molar-refractivity contribution is 5.94. The number of hydrogen-bond donors (Lipinski definition) is 1. The molecule has 32 heavy (non-hydrogen) atoms. The van der Waals surface area contributed by atoms with E-state index in [2.05, 4.69) is 10.4 Å². The highest BCUT2D eigenvalue weighted by Crippen LogP contribution is 2.37. The molecule has 1 saturated heterocycles. The number of aryl methyl sites for hydroxylation is 1. The van der Waals surface area contributed by atoms with Gasteiger partial charge in [-0.05, 0) is 43.7 Å². The zero-order valence-corrected chi connectivity index (χ0v) is 18.5. The first-order valence-corrected chi connectivity index (χ1v) is 11.5. The van der Waals surface area contributed by atoms with Crippen LogP contribution in [0.2, 0.25) is 0 Å². The summed E-state index contributed by atoms with van der Waals surface area (Å²) in [6, 6.07) is 9.39. The molecule has 1 aliphatic carbocycles. The molecular weight excluding hydrogens is 408 g/mol. The Morgan fingerprint density at radius 3 is 2.69 bits per heavy atom. The van der Waals surface area contributed by atoms with E-state index in [9.17, 15) is 9.59 Å². The van der Waals surface area contributed by atoms with Crippen molar-refractivity contribution in [2.24, 2.45) is 13.0 Å². The summed E-state index contributed by atoms with van der Waals surface area (Å²) in [4.78, 5) is 27.1. The fourth-order valence-electron chi connectivity index (χ4n) is 4.62. The van der Waals surface area contributed by atoms with Crippen LogP contribution in [0.4, 0.5) is 0 Å². The molecule has 5 rings (SSSR count). The number of aromatic nitrogens is 2. The summed E-state index contributed by atoms with van der Waals surface area (Å²) in [6.45, 7) is 2.44. The second kappa shape index (κ2) is 8.58. The molecule has 0 radical (unpaired) electrons. The van der Waals surface area contributed by atoms with Gasteiger partial charge >= 0.3 is 0 Å². The Labute approximate surface area is 187 Å². The number of fused-ring (bicyclic) bond motifs is 1. The largest absolute Gasteiger partial charge is 0.484 e. The Balaban J connectivity index is 1.18. The van der Waals surface area contributed by atoms with Crippen LogP contribution in [-0.4, -0.2) is 58.3 Å². The van der Waals surface area contributed by atoms with Crippen LogP contribution in [-0.2, 0) is 29.6 Å². The first-order valence-electron chi connectivity index (χ1n) is 11.5. The van der Waals surface area contributed by atoms with Crippen LogP contribution in [0.3, 0.4) is 0 Å². The lowest BCUT2D eigenvalue weighted by Gasteiger charge is -2.43. The molecule has 1 saturated carbocycles. The lowest BCUT2D eigenvalue weighted by Crippen LogP contribution is -2.51. The third-order valence-corrected chi connectivity index (χ3v) is 6.88. The van der Waals surface area contributed by atoms with E-state index in [0.29, 0.717) is 43.5 Å². The third kappa shape index (κ3) is 4.37. The van der Waals surface area contributed by atoms with Gasteiger partial charge in [-0.25, -0.2) is 0 Å². The molecule has 0 unspecified atom stereocenters. The van der Waals surface area contributed by atoms with Gasteiger partial charge in [0.2, 0.25) is 0 Å². The summed E-state index contributed by atoms with van der Waals surface area (Å²) in [7, 11) is 1.90. The van der Waals surface area contributed by atoms with Crippen molar-refractivity contribution < 1.29 is 19.1 Å². The first-order chi connectivity index (χ1) is 15.5. The molecule has 3 aliphatic rings. The van der Waals surface area contributed by atoms with Crippen LogP contribution in [0.15, 0.2) is 30.3 Å². The van der Waals surface area contributed by atoms with Crippen LogP contribution in [0.5, 0.6) is 5.75 Å². The van der Waals surface area contributed by atoms with Crippen molar-refractivity contribution in [3.05, 3.63) is 47.3 Å². The molecule has 1 aromatic heterocycles. The van der Waals surface area contributed by atoms with Gasteiger partial charge < -0.3 is 19.7 Å². The number of nitrogens with one attached hydrogen (secondary N) is 1. The molecule has 0 bridgehead atoms. The number of likely N-dealkylation sites (tertiary alicyclic amines) is 1. The molecule has 2 aromatic rings. The number of hydrogen-bond acceptors (Lipinski definition) is 5. The fourth-order valence-corrected chi connectivity index (χ4v) is 4.62. The Hall–Kier alpha value is -2.87. The van der Waals surface area contributed by atoms with Crippen molar-refractivity contribution in [3.8, 4) is 5.75 Å². The number of carbonyl (C=O) groups is 2. The highest BCUT2D eigenvalue weighted by Gasteiger charge is 2.42. The predicted octanol–water partition coefficient (Wildman–Crippen LogP) is 2.07. The van der Waals surface area contributed by atoms with Gasteiger partial charge in [-0.1, -0.05) is 18.2 Å². The maximum Gasteiger partial charge on any atom is 0.272 e. The van der Waals surface area contributed by atoms with E-state index in [1.165, 1.54) is 12.8 Å². The smallest absolute Gasteiger partial charge is 0.272 e. The summed E-state index contributed by atoms with van der Waals surface area (Å²) in [5.41, 5.74) is 2.16. The summed E-state index contributed by atoms with van der Waals surface area (Å²) in [5.74, 6) is 1.22. The van der Waals surface area contributed by atoms with Crippen molar-refractivity contribution in [1.82, 2.24) is 20.0 Å². The van der Waals surface area contributed by atoms with E-state index in [1.807, 2.05) is 47.0 Å². The van der Waals surface area contributed by atoms with Gasteiger partial charge in [0.05, 0.1) is 12.2 Å². The first kappa shape index (κ1) is 21.0. The minimum Gasteiger partial charge on any atom is -0.484 e. The second-order valence-electron chi connectivity index (χ2n) is 9.18.